The van der Waals surface area contributed by atoms with Gasteiger partial charge in [0, 0.05) is 9.76 Å². The molecule has 1 aromatic rings. The van der Waals surface area contributed by atoms with Crippen LogP contribution >= 0.6 is 0 Å². The average Bonchev–Trinajstić information content (AvgIpc) is 2.20. The number of benzene rings is 1. The lowest BCUT2D eigenvalue weighted by molar-refractivity contribution is 1.01. The van der Waals surface area contributed by atoms with Gasteiger partial charge in [-0.15, -0.1) is 0 Å². The molecule has 0 saturated heterocycles. The largest absolute Gasteiger partial charge is 0.0689 e. The third-order valence-electron chi connectivity index (χ3n) is 3.07. The third kappa shape index (κ3) is 2.82. The molecule has 0 aliphatic rings. The molecular formula is C12H22Si2. The van der Waals surface area contributed by atoms with Crippen molar-refractivity contribution in [2.24, 2.45) is 0 Å². The van der Waals surface area contributed by atoms with Crippen LogP contribution in [-0.2, 0) is 0 Å². The summed E-state index contributed by atoms with van der Waals surface area (Å²) in [6, 6.07) is 14.3. The summed E-state index contributed by atoms with van der Waals surface area (Å²) < 4.78 is 0. The average molecular weight is 222 g/mol. The molecule has 1 aromatic carbocycles. The van der Waals surface area contributed by atoms with Gasteiger partial charge in [-0.05, 0) is 0 Å². The molecule has 0 bridgehead atoms. The maximum Gasteiger partial charge on any atom is 0.0689 e. The first-order valence-electron chi connectivity index (χ1n) is 5.78. The van der Waals surface area contributed by atoms with Crippen molar-refractivity contribution in [3.05, 3.63) is 30.3 Å². The van der Waals surface area contributed by atoms with Crippen molar-refractivity contribution in [2.75, 3.05) is 0 Å². The first kappa shape index (κ1) is 11.7. The van der Waals surface area contributed by atoms with Crippen LogP contribution in [0.1, 0.15) is 26.7 Å². The van der Waals surface area contributed by atoms with E-state index >= 15 is 0 Å². The zero-order valence-corrected chi connectivity index (χ0v) is 12.7. The van der Waals surface area contributed by atoms with Crippen LogP contribution < -0.4 is 5.19 Å². The second-order valence-electron chi connectivity index (χ2n) is 4.43. The van der Waals surface area contributed by atoms with Crippen molar-refractivity contribution in [3.8, 4) is 0 Å². The predicted molar refractivity (Wildman–Crippen MR) is 72.0 cm³/mol. The summed E-state index contributed by atoms with van der Waals surface area (Å²) in [7, 11) is 0.428. The summed E-state index contributed by atoms with van der Waals surface area (Å²) in [5, 5.41) is 1.70. The van der Waals surface area contributed by atoms with Gasteiger partial charge >= 0.3 is 0 Å². The van der Waals surface area contributed by atoms with Crippen molar-refractivity contribution >= 4 is 22.5 Å². The van der Waals surface area contributed by atoms with Crippen LogP contribution in [0.3, 0.4) is 0 Å². The zero-order chi connectivity index (χ0) is 10.4. The first-order valence-corrected chi connectivity index (χ1v) is 11.7. The summed E-state index contributed by atoms with van der Waals surface area (Å²) in [5.41, 5.74) is 0. The molecule has 2 heteroatoms. The second kappa shape index (κ2) is 5.51. The quantitative estimate of drug-likeness (QED) is 0.669. The Kier molecular flexibility index (Phi) is 4.62. The Bertz CT molecular complexity index is 250. The molecule has 0 radical (unpaired) electrons. The fourth-order valence-electron chi connectivity index (χ4n) is 2.36. The van der Waals surface area contributed by atoms with Gasteiger partial charge in [-0.25, -0.2) is 0 Å². The molecule has 0 spiro atoms. The van der Waals surface area contributed by atoms with Crippen molar-refractivity contribution in [3.63, 3.8) is 0 Å². The lowest BCUT2D eigenvalue weighted by Crippen LogP contribution is -2.48. The van der Waals surface area contributed by atoms with Crippen LogP contribution in [-0.4, -0.2) is 17.4 Å². The lowest BCUT2D eigenvalue weighted by Gasteiger charge is -2.27. The van der Waals surface area contributed by atoms with E-state index in [1.807, 2.05) is 0 Å². The summed E-state index contributed by atoms with van der Waals surface area (Å²) in [6.07, 6.45) is 2.73. The highest BCUT2D eigenvalue weighted by molar-refractivity contribution is 7.24. The molecule has 0 aromatic heterocycles. The molecular weight excluding hydrogens is 200 g/mol. The molecule has 0 aliphatic heterocycles. The standard InChI is InChI=1S/C12H22Si2/c1-3-10-14(13,11-4-2)12-8-6-5-7-9-12/h5-9H,3-4,10-11H2,1-2,13H3. The van der Waals surface area contributed by atoms with E-state index in [4.69, 9.17) is 0 Å². The van der Waals surface area contributed by atoms with Crippen LogP contribution in [0.2, 0.25) is 12.1 Å². The van der Waals surface area contributed by atoms with Gasteiger partial charge in [0.1, 0.15) is 0 Å². The van der Waals surface area contributed by atoms with Gasteiger partial charge in [-0.2, -0.15) is 0 Å². The maximum atomic E-state index is 2.37. The van der Waals surface area contributed by atoms with Crippen LogP contribution in [0.4, 0.5) is 0 Å². The molecule has 0 amide bonds. The van der Waals surface area contributed by atoms with Crippen molar-refractivity contribution in [2.45, 2.75) is 38.8 Å². The molecule has 0 nitrogen and oxygen atoms in total. The highest BCUT2D eigenvalue weighted by Gasteiger charge is 2.26. The third-order valence-corrected chi connectivity index (χ3v) is 12.7. The fourth-order valence-corrected chi connectivity index (χ4v) is 10.4. The van der Waals surface area contributed by atoms with Crippen LogP contribution in [0.25, 0.3) is 0 Å². The molecule has 0 aliphatic carbocycles. The van der Waals surface area contributed by atoms with Crippen molar-refractivity contribution in [1.82, 2.24) is 0 Å². The number of hydrogen-bond acceptors (Lipinski definition) is 0. The Morgan fingerprint density at radius 1 is 1.00 bits per heavy atom. The number of rotatable bonds is 5. The Morgan fingerprint density at radius 2 is 1.50 bits per heavy atom. The summed E-state index contributed by atoms with van der Waals surface area (Å²) in [5.74, 6) is 0. The molecule has 0 atom stereocenters. The van der Waals surface area contributed by atoms with Gasteiger partial charge < -0.3 is 0 Å². The zero-order valence-electron chi connectivity index (χ0n) is 9.72. The van der Waals surface area contributed by atoms with Crippen molar-refractivity contribution in [1.29, 1.82) is 0 Å². The van der Waals surface area contributed by atoms with Crippen molar-refractivity contribution < 1.29 is 0 Å². The molecule has 0 saturated carbocycles. The van der Waals surface area contributed by atoms with Crippen LogP contribution in [0.15, 0.2) is 30.3 Å². The van der Waals surface area contributed by atoms with Gasteiger partial charge in [-0.1, -0.05) is 74.3 Å². The molecule has 0 heterocycles. The van der Waals surface area contributed by atoms with E-state index in [0.29, 0.717) is 0 Å². The van der Waals surface area contributed by atoms with Gasteiger partial charge in [0.2, 0.25) is 0 Å². The normalized spacial score (nSPS) is 11.9. The Morgan fingerprint density at radius 3 is 1.93 bits per heavy atom. The highest BCUT2D eigenvalue weighted by atomic mass is 29.2. The Balaban J connectivity index is 2.87. The van der Waals surface area contributed by atoms with Gasteiger partial charge in [-0.3, -0.25) is 0 Å². The maximum absolute atomic E-state index is 2.37. The smallest absolute Gasteiger partial charge is 0.0656 e. The highest BCUT2D eigenvalue weighted by Crippen LogP contribution is 2.16. The van der Waals surface area contributed by atoms with E-state index in [-0.39, 0.29) is 0 Å². The minimum atomic E-state index is -0.987. The fraction of sp³-hybridized carbons (Fsp3) is 0.500. The van der Waals surface area contributed by atoms with E-state index in [1.165, 1.54) is 34.7 Å². The van der Waals surface area contributed by atoms with E-state index < -0.39 is 7.59 Å². The monoisotopic (exact) mass is 222 g/mol. The van der Waals surface area contributed by atoms with E-state index in [2.05, 4.69) is 44.2 Å². The SMILES string of the molecule is CCC[Si]([SiH3])(CCC)c1ccccc1. The summed E-state index contributed by atoms with van der Waals surface area (Å²) in [4.78, 5) is 0. The molecule has 0 unspecified atom stereocenters. The molecule has 0 N–H and O–H groups in total. The Hall–Kier alpha value is -0.346. The first-order chi connectivity index (χ1) is 6.73. The summed E-state index contributed by atoms with van der Waals surface area (Å²) >= 11 is 0. The Labute approximate surface area is 92.0 Å². The molecule has 78 valence electrons. The molecule has 14 heavy (non-hydrogen) atoms. The summed E-state index contributed by atoms with van der Waals surface area (Å²) in [6.45, 7) is 4.66. The van der Waals surface area contributed by atoms with E-state index in [0.717, 1.165) is 0 Å². The molecule has 0 fully saturated rings. The van der Waals surface area contributed by atoms with E-state index in [1.54, 1.807) is 5.19 Å². The minimum Gasteiger partial charge on any atom is -0.0656 e. The lowest BCUT2D eigenvalue weighted by atomic mass is 10.4. The van der Waals surface area contributed by atoms with E-state index in [9.17, 15) is 0 Å². The molecule has 1 rings (SSSR count). The predicted octanol–water partition coefficient (Wildman–Crippen LogP) is 2.02. The van der Waals surface area contributed by atoms with Gasteiger partial charge in [0.15, 0.2) is 0 Å². The second-order valence-corrected chi connectivity index (χ2v) is 14.9. The topological polar surface area (TPSA) is 0 Å². The minimum absolute atomic E-state index is 0.987. The van der Waals surface area contributed by atoms with Gasteiger partial charge in [0.05, 0.1) is 7.59 Å². The van der Waals surface area contributed by atoms with Crippen LogP contribution in [0.5, 0.6) is 0 Å². The van der Waals surface area contributed by atoms with Gasteiger partial charge in [0.25, 0.3) is 0 Å². The number of hydrogen-bond donors (Lipinski definition) is 0. The van der Waals surface area contributed by atoms with Crippen LogP contribution in [0, 0.1) is 0 Å².